The highest BCUT2D eigenvalue weighted by Crippen LogP contribution is 2.25. The van der Waals surface area contributed by atoms with E-state index in [9.17, 15) is 33.9 Å². The molecule has 0 heterocycles. The van der Waals surface area contributed by atoms with Crippen LogP contribution in [0.2, 0.25) is 0 Å². The quantitative estimate of drug-likeness (QED) is 0.0247. The van der Waals surface area contributed by atoms with Gasteiger partial charge in [-0.05, 0) is 57.6 Å². The standard InChI is InChI=1S/C35H40N4O4.C29H31N3O5/c1-5-23-39(24-6-2)32(28-18-20-29(43-4)21-19-28)35(42)37-30(22-17-26-13-9-7-10-14-26)34(41)38-31(33(40)36-3)25-27-15-11-8-12-16-27;1-30-27(33)25(19-21-11-7-4-8-12-21)32-28(34)24(18-13-20-9-5-3-6-10-20)31-26(29(35)36)22-14-16-23(37-2)17-15-22/h5-22,30-32H,1-2,23-25H2,3-4H3,(H,36,40)(H,37,42)(H,38,41);3-18,24-26,31H,19H2,1-2H3,(H,30,33)(H,32,34)(H,35,36)/b22-17+;18-13+/t30?,31-,32?;24?,25-,26?/m00/s1. The minimum absolute atomic E-state index is 0.280. The summed E-state index contributed by atoms with van der Waals surface area (Å²) in [5.74, 6) is -2.05. The third-order valence-corrected chi connectivity index (χ3v) is 12.6. The first-order valence-electron chi connectivity index (χ1n) is 25.9. The summed E-state index contributed by atoms with van der Waals surface area (Å²) in [6.07, 6.45) is 10.7. The van der Waals surface area contributed by atoms with Gasteiger partial charge in [-0.1, -0.05) is 182 Å². The minimum Gasteiger partial charge on any atom is -0.497 e. The third kappa shape index (κ3) is 19.6. The zero-order chi connectivity index (χ0) is 57.7. The SMILES string of the molecule is C=CCN(CC=C)C(C(=O)NC(/C=C/c1ccccc1)C(=O)N[C@@H](Cc1ccccc1)C(=O)NC)c1ccc(OC)cc1.CNC(=O)[C@H](Cc1ccccc1)NC(=O)C(/C=C/c1ccccc1)NC(C(=O)O)c1ccc(OC)cc1. The average Bonchev–Trinajstić information content (AvgIpc) is 3.49. The second kappa shape index (κ2) is 33.0. The van der Waals surface area contributed by atoms with Crippen molar-refractivity contribution in [1.29, 1.82) is 0 Å². The number of ether oxygens (including phenoxy) is 2. The molecule has 0 aliphatic rings. The first kappa shape index (κ1) is 61.5. The van der Waals surface area contributed by atoms with Gasteiger partial charge in [0.25, 0.3) is 0 Å². The van der Waals surface area contributed by atoms with Crippen molar-refractivity contribution in [2.24, 2.45) is 0 Å². The molecule has 0 aliphatic heterocycles. The number of carboxylic acid groups (broad SMARTS) is 1. The average molecular weight is 1080 g/mol. The summed E-state index contributed by atoms with van der Waals surface area (Å²) in [5.41, 5.74) is 4.62. The molecule has 0 saturated heterocycles. The molecule has 16 heteroatoms. The van der Waals surface area contributed by atoms with E-state index in [1.54, 1.807) is 80.0 Å². The van der Waals surface area contributed by atoms with Crippen LogP contribution in [0.25, 0.3) is 12.2 Å². The number of aliphatic carboxylic acids is 1. The van der Waals surface area contributed by atoms with E-state index in [1.807, 2.05) is 138 Å². The van der Waals surface area contributed by atoms with Crippen molar-refractivity contribution in [2.45, 2.75) is 49.1 Å². The topological polar surface area (TPSA) is 217 Å². The fraction of sp³-hybridized carbons (Fsp3) is 0.219. The molecule has 7 N–H and O–H groups in total. The highest BCUT2D eigenvalue weighted by atomic mass is 16.5. The molecule has 6 rings (SSSR count). The molecule has 0 radical (unpaired) electrons. The lowest BCUT2D eigenvalue weighted by atomic mass is 10.0. The van der Waals surface area contributed by atoms with Gasteiger partial charge < -0.3 is 41.2 Å². The highest BCUT2D eigenvalue weighted by molar-refractivity contribution is 5.95. The van der Waals surface area contributed by atoms with Crippen molar-refractivity contribution < 1.29 is 43.3 Å². The second-order valence-electron chi connectivity index (χ2n) is 18.2. The van der Waals surface area contributed by atoms with Crippen molar-refractivity contribution in [3.63, 3.8) is 0 Å². The molecule has 5 amide bonds. The lowest BCUT2D eigenvalue weighted by molar-refractivity contribution is -0.140. The second-order valence-corrected chi connectivity index (χ2v) is 18.2. The summed E-state index contributed by atoms with van der Waals surface area (Å²) in [7, 11) is 6.12. The molecule has 0 aromatic heterocycles. The number of nitrogens with zero attached hydrogens (tertiary/aromatic N) is 1. The molecule has 16 nitrogen and oxygen atoms in total. The molecule has 0 aliphatic carbocycles. The van der Waals surface area contributed by atoms with Gasteiger partial charge in [0.05, 0.1) is 14.2 Å². The Morgan fingerprint density at radius 1 is 0.500 bits per heavy atom. The predicted octanol–water partition coefficient (Wildman–Crippen LogP) is 7.05. The smallest absolute Gasteiger partial charge is 0.325 e. The summed E-state index contributed by atoms with van der Waals surface area (Å²) in [6, 6.07) is 45.6. The Balaban J connectivity index is 0.000000297. The Kier molecular flexibility index (Phi) is 25.4. The van der Waals surface area contributed by atoms with E-state index in [4.69, 9.17) is 9.47 Å². The maximum atomic E-state index is 14.0. The first-order valence-corrected chi connectivity index (χ1v) is 25.9. The van der Waals surface area contributed by atoms with Crippen LogP contribution in [0.3, 0.4) is 0 Å². The molecular weight excluding hydrogens is 1010 g/mol. The number of hydrogen-bond donors (Lipinski definition) is 7. The van der Waals surface area contributed by atoms with Crippen LogP contribution in [0.4, 0.5) is 0 Å². The number of rotatable bonds is 28. The number of benzene rings is 6. The summed E-state index contributed by atoms with van der Waals surface area (Å²) >= 11 is 0. The lowest BCUT2D eigenvalue weighted by Crippen LogP contribution is -2.54. The third-order valence-electron chi connectivity index (χ3n) is 12.6. The van der Waals surface area contributed by atoms with E-state index in [-0.39, 0.29) is 24.7 Å². The van der Waals surface area contributed by atoms with Crippen LogP contribution in [-0.2, 0) is 41.6 Å². The van der Waals surface area contributed by atoms with Crippen molar-refractivity contribution in [2.75, 3.05) is 41.4 Å². The zero-order valence-electron chi connectivity index (χ0n) is 45.5. The summed E-state index contributed by atoms with van der Waals surface area (Å²) < 4.78 is 10.5. The van der Waals surface area contributed by atoms with Gasteiger partial charge in [-0.25, -0.2) is 0 Å². The van der Waals surface area contributed by atoms with Crippen LogP contribution in [0.5, 0.6) is 11.5 Å². The van der Waals surface area contributed by atoms with Crippen LogP contribution >= 0.6 is 0 Å². The van der Waals surface area contributed by atoms with Gasteiger partial charge in [0.15, 0.2) is 0 Å². The van der Waals surface area contributed by atoms with E-state index in [0.717, 1.165) is 22.3 Å². The minimum atomic E-state index is -1.19. The van der Waals surface area contributed by atoms with Crippen molar-refractivity contribution >= 4 is 47.7 Å². The Hall–Kier alpha value is -9.38. The zero-order valence-corrected chi connectivity index (χ0v) is 45.5. The molecule has 0 saturated carbocycles. The van der Waals surface area contributed by atoms with Crippen molar-refractivity contribution in [1.82, 2.24) is 36.8 Å². The molecule has 4 unspecified atom stereocenters. The Bertz CT molecular complexity index is 2970. The predicted molar refractivity (Wildman–Crippen MR) is 313 cm³/mol. The van der Waals surface area contributed by atoms with Crippen LogP contribution in [-0.4, -0.2) is 111 Å². The Morgan fingerprint density at radius 2 is 0.887 bits per heavy atom. The van der Waals surface area contributed by atoms with Gasteiger partial charge in [-0.2, -0.15) is 0 Å². The van der Waals surface area contributed by atoms with Gasteiger partial charge >= 0.3 is 5.97 Å². The van der Waals surface area contributed by atoms with E-state index in [2.05, 4.69) is 45.1 Å². The number of methoxy groups -OCH3 is 2. The lowest BCUT2D eigenvalue weighted by Gasteiger charge is -2.30. The molecule has 6 aromatic rings. The van der Waals surface area contributed by atoms with Gasteiger partial charge in [-0.3, -0.25) is 39.0 Å². The first-order chi connectivity index (χ1) is 38.8. The summed E-state index contributed by atoms with van der Waals surface area (Å²) in [4.78, 5) is 80.7. The van der Waals surface area contributed by atoms with Crippen molar-refractivity contribution in [3.8, 4) is 11.5 Å². The van der Waals surface area contributed by atoms with E-state index >= 15 is 0 Å². The molecule has 6 aromatic carbocycles. The van der Waals surface area contributed by atoms with E-state index in [0.29, 0.717) is 35.7 Å². The van der Waals surface area contributed by atoms with Gasteiger partial charge in [0, 0.05) is 40.0 Å². The normalized spacial score (nSPS) is 13.2. The van der Waals surface area contributed by atoms with Crippen LogP contribution in [0, 0.1) is 0 Å². The molecule has 416 valence electrons. The van der Waals surface area contributed by atoms with Crippen LogP contribution < -0.4 is 41.4 Å². The molecule has 80 heavy (non-hydrogen) atoms. The number of carboxylic acids is 1. The fourth-order valence-corrected chi connectivity index (χ4v) is 8.40. The van der Waals surface area contributed by atoms with Gasteiger partial charge in [0.1, 0.15) is 47.8 Å². The monoisotopic (exact) mass is 1080 g/mol. The fourth-order valence-electron chi connectivity index (χ4n) is 8.40. The van der Waals surface area contributed by atoms with Crippen LogP contribution in [0.15, 0.2) is 207 Å². The molecule has 6 atom stereocenters. The maximum absolute atomic E-state index is 14.0. The summed E-state index contributed by atoms with van der Waals surface area (Å²) in [6.45, 7) is 8.51. The van der Waals surface area contributed by atoms with Crippen molar-refractivity contribution in [3.05, 3.63) is 241 Å². The van der Waals surface area contributed by atoms with E-state index in [1.165, 1.54) is 21.2 Å². The Labute approximate surface area is 468 Å². The largest absolute Gasteiger partial charge is 0.497 e. The number of hydrogen-bond acceptors (Lipinski definition) is 10. The molecule has 0 bridgehead atoms. The number of carbonyl (C=O) groups excluding carboxylic acids is 5. The molecular formula is C64H71N7O9. The van der Waals surface area contributed by atoms with Crippen LogP contribution in [0.1, 0.15) is 45.5 Å². The number of nitrogens with one attached hydrogen (secondary N) is 6. The maximum Gasteiger partial charge on any atom is 0.325 e. The number of carbonyl (C=O) groups is 6. The van der Waals surface area contributed by atoms with E-state index < -0.39 is 59.9 Å². The van der Waals surface area contributed by atoms with Gasteiger partial charge in [-0.15, -0.1) is 13.2 Å². The Morgan fingerprint density at radius 3 is 1.27 bits per heavy atom. The molecule has 0 spiro atoms. The number of likely N-dealkylation sites (N-methyl/N-ethyl adjacent to an activating group) is 2. The highest BCUT2D eigenvalue weighted by Gasteiger charge is 2.32. The summed E-state index contributed by atoms with van der Waals surface area (Å²) in [5, 5.41) is 26.7. The number of amides is 5. The van der Waals surface area contributed by atoms with Gasteiger partial charge in [0.2, 0.25) is 29.5 Å². The molecule has 0 fully saturated rings.